The van der Waals surface area contributed by atoms with Crippen molar-refractivity contribution in [1.29, 1.82) is 0 Å². The Bertz CT molecular complexity index is 606. The quantitative estimate of drug-likeness (QED) is 0.854. The number of urea groups is 1. The fourth-order valence-corrected chi connectivity index (χ4v) is 1.72. The Labute approximate surface area is 122 Å². The van der Waals surface area contributed by atoms with Crippen molar-refractivity contribution in [2.75, 3.05) is 10.6 Å². The Balaban J connectivity index is 2.01. The van der Waals surface area contributed by atoms with Crippen LogP contribution in [0.15, 0.2) is 41.0 Å². The number of hydrogen-bond acceptors (Lipinski definition) is 2. The molecule has 7 heteroatoms. The second-order valence-corrected chi connectivity index (χ2v) is 4.89. The topological polar surface area (TPSA) is 54.0 Å². The summed E-state index contributed by atoms with van der Waals surface area (Å²) in [6.07, 6.45) is 1.56. The highest BCUT2D eigenvalue weighted by molar-refractivity contribution is 9.10. The van der Waals surface area contributed by atoms with Gasteiger partial charge in [0.25, 0.3) is 0 Å². The molecule has 0 fully saturated rings. The number of carbonyl (C=O) groups is 1. The molecule has 0 aliphatic heterocycles. The molecule has 2 rings (SSSR count). The summed E-state index contributed by atoms with van der Waals surface area (Å²) in [6.45, 7) is 0. The van der Waals surface area contributed by atoms with E-state index in [9.17, 15) is 9.18 Å². The van der Waals surface area contributed by atoms with Gasteiger partial charge in [-0.15, -0.1) is 0 Å². The second-order valence-electron chi connectivity index (χ2n) is 3.57. The maximum Gasteiger partial charge on any atom is 0.324 e. The summed E-state index contributed by atoms with van der Waals surface area (Å²) in [5.41, 5.74) is 0.390. The van der Waals surface area contributed by atoms with Crippen molar-refractivity contribution in [2.24, 2.45) is 0 Å². The molecule has 0 bridgehead atoms. The van der Waals surface area contributed by atoms with E-state index in [0.717, 1.165) is 4.47 Å². The molecule has 0 unspecified atom stereocenters. The first kappa shape index (κ1) is 13.8. The van der Waals surface area contributed by atoms with Crippen molar-refractivity contribution >= 4 is 45.1 Å². The van der Waals surface area contributed by atoms with E-state index in [2.05, 4.69) is 31.5 Å². The van der Waals surface area contributed by atoms with Gasteiger partial charge in [-0.2, -0.15) is 0 Å². The lowest BCUT2D eigenvalue weighted by molar-refractivity contribution is 0.262. The van der Waals surface area contributed by atoms with E-state index >= 15 is 0 Å². The van der Waals surface area contributed by atoms with Gasteiger partial charge in [-0.3, -0.25) is 5.32 Å². The molecule has 1 aromatic carbocycles. The molecule has 4 nitrogen and oxygen atoms in total. The fourth-order valence-electron chi connectivity index (χ4n) is 1.30. The SMILES string of the molecule is O=C(Nc1ccc(F)c(Cl)c1)Nc1ccc(Br)cn1. The van der Waals surface area contributed by atoms with Crippen LogP contribution in [0.2, 0.25) is 5.02 Å². The van der Waals surface area contributed by atoms with E-state index in [1.54, 1.807) is 18.3 Å². The molecule has 0 radical (unpaired) electrons. The Kier molecular flexibility index (Phi) is 4.34. The van der Waals surface area contributed by atoms with Crippen molar-refractivity contribution in [3.63, 3.8) is 0 Å². The smallest absolute Gasteiger partial charge is 0.308 e. The van der Waals surface area contributed by atoms with Crippen LogP contribution in [0.3, 0.4) is 0 Å². The average molecular weight is 345 g/mol. The maximum absolute atomic E-state index is 12.9. The molecule has 2 amide bonds. The van der Waals surface area contributed by atoms with Crippen molar-refractivity contribution in [3.8, 4) is 0 Å². The first-order chi connectivity index (χ1) is 9.04. The van der Waals surface area contributed by atoms with Crippen LogP contribution < -0.4 is 10.6 Å². The highest BCUT2D eigenvalue weighted by Gasteiger charge is 2.05. The third-order valence-electron chi connectivity index (χ3n) is 2.15. The van der Waals surface area contributed by atoms with Crippen LogP contribution in [-0.2, 0) is 0 Å². The van der Waals surface area contributed by atoms with Gasteiger partial charge in [-0.1, -0.05) is 11.6 Å². The summed E-state index contributed by atoms with van der Waals surface area (Å²) in [7, 11) is 0. The molecule has 0 spiro atoms. The van der Waals surface area contributed by atoms with Crippen LogP contribution in [0.4, 0.5) is 20.7 Å². The lowest BCUT2D eigenvalue weighted by Gasteiger charge is -2.07. The lowest BCUT2D eigenvalue weighted by atomic mass is 10.3. The number of amides is 2. The minimum Gasteiger partial charge on any atom is -0.308 e. The van der Waals surface area contributed by atoms with E-state index in [4.69, 9.17) is 11.6 Å². The fraction of sp³-hybridized carbons (Fsp3) is 0. The zero-order chi connectivity index (χ0) is 13.8. The summed E-state index contributed by atoms with van der Waals surface area (Å²) < 4.78 is 13.8. The Morgan fingerprint density at radius 3 is 2.68 bits per heavy atom. The summed E-state index contributed by atoms with van der Waals surface area (Å²) in [6, 6.07) is 6.81. The molecule has 1 heterocycles. The first-order valence-corrected chi connectivity index (χ1v) is 6.36. The van der Waals surface area contributed by atoms with Crippen LogP contribution in [-0.4, -0.2) is 11.0 Å². The summed E-state index contributed by atoms with van der Waals surface area (Å²) in [5.74, 6) is -0.142. The lowest BCUT2D eigenvalue weighted by Crippen LogP contribution is -2.20. The molecule has 98 valence electrons. The van der Waals surface area contributed by atoms with Gasteiger partial charge in [0.05, 0.1) is 5.02 Å². The van der Waals surface area contributed by atoms with Gasteiger partial charge >= 0.3 is 6.03 Å². The predicted octanol–water partition coefficient (Wildman–Crippen LogP) is 4.28. The maximum atomic E-state index is 12.9. The van der Waals surface area contributed by atoms with Crippen molar-refractivity contribution in [3.05, 3.63) is 51.8 Å². The Morgan fingerprint density at radius 1 is 1.26 bits per heavy atom. The molecule has 1 aromatic heterocycles. The van der Waals surface area contributed by atoms with Gasteiger partial charge in [0.1, 0.15) is 11.6 Å². The van der Waals surface area contributed by atoms with Gasteiger partial charge in [-0.25, -0.2) is 14.2 Å². The van der Waals surface area contributed by atoms with E-state index < -0.39 is 11.8 Å². The van der Waals surface area contributed by atoms with Gasteiger partial charge in [0, 0.05) is 16.4 Å². The van der Waals surface area contributed by atoms with Crippen LogP contribution in [0, 0.1) is 5.82 Å². The minimum atomic E-state index is -0.540. The van der Waals surface area contributed by atoms with E-state index in [1.165, 1.54) is 18.2 Å². The minimum absolute atomic E-state index is 0.0560. The number of nitrogens with one attached hydrogen (secondary N) is 2. The summed E-state index contributed by atoms with van der Waals surface area (Å²) >= 11 is 8.85. The number of benzene rings is 1. The highest BCUT2D eigenvalue weighted by Crippen LogP contribution is 2.19. The van der Waals surface area contributed by atoms with Crippen LogP contribution in [0.1, 0.15) is 0 Å². The number of halogens is 3. The third-order valence-corrected chi connectivity index (χ3v) is 2.91. The number of aromatic nitrogens is 1. The monoisotopic (exact) mass is 343 g/mol. The highest BCUT2D eigenvalue weighted by atomic mass is 79.9. The van der Waals surface area contributed by atoms with Gasteiger partial charge in [0.2, 0.25) is 0 Å². The normalized spacial score (nSPS) is 10.1. The van der Waals surface area contributed by atoms with E-state index in [0.29, 0.717) is 11.5 Å². The predicted molar refractivity (Wildman–Crippen MR) is 76.0 cm³/mol. The molecule has 0 aliphatic carbocycles. The number of nitrogens with zero attached hydrogens (tertiary/aromatic N) is 1. The Morgan fingerprint density at radius 2 is 2.05 bits per heavy atom. The van der Waals surface area contributed by atoms with Crippen LogP contribution in [0.25, 0.3) is 0 Å². The average Bonchev–Trinajstić information content (AvgIpc) is 2.37. The number of rotatable bonds is 2. The van der Waals surface area contributed by atoms with Gasteiger partial charge in [0.15, 0.2) is 0 Å². The molecule has 2 N–H and O–H groups in total. The molecule has 2 aromatic rings. The van der Waals surface area contributed by atoms with Crippen molar-refractivity contribution in [1.82, 2.24) is 4.98 Å². The van der Waals surface area contributed by atoms with E-state index in [1.807, 2.05) is 0 Å². The van der Waals surface area contributed by atoms with Gasteiger partial charge < -0.3 is 5.32 Å². The Hall–Kier alpha value is -1.66. The second kappa shape index (κ2) is 5.99. The summed E-state index contributed by atoms with van der Waals surface area (Å²) in [4.78, 5) is 15.6. The molecule has 0 saturated carbocycles. The molecule has 0 aliphatic rings. The van der Waals surface area contributed by atoms with Crippen LogP contribution >= 0.6 is 27.5 Å². The molecule has 19 heavy (non-hydrogen) atoms. The number of anilines is 2. The third kappa shape index (κ3) is 3.90. The van der Waals surface area contributed by atoms with Crippen molar-refractivity contribution < 1.29 is 9.18 Å². The number of carbonyl (C=O) groups excluding carboxylic acids is 1. The zero-order valence-electron chi connectivity index (χ0n) is 9.45. The standard InChI is InChI=1S/C12H8BrClFN3O/c13-7-1-4-11(16-6-7)18-12(19)17-8-2-3-10(15)9(14)5-8/h1-6H,(H2,16,17,18,19). The molecule has 0 saturated heterocycles. The largest absolute Gasteiger partial charge is 0.324 e. The first-order valence-electron chi connectivity index (χ1n) is 5.19. The number of hydrogen-bond donors (Lipinski definition) is 2. The summed E-state index contributed by atoms with van der Waals surface area (Å²) in [5, 5.41) is 5.00. The van der Waals surface area contributed by atoms with Crippen LogP contribution in [0.5, 0.6) is 0 Å². The number of pyridine rings is 1. The van der Waals surface area contributed by atoms with E-state index in [-0.39, 0.29) is 5.02 Å². The van der Waals surface area contributed by atoms with Gasteiger partial charge in [-0.05, 0) is 46.3 Å². The molecule has 0 atom stereocenters. The molecular formula is C12H8BrClFN3O. The van der Waals surface area contributed by atoms with Crippen molar-refractivity contribution in [2.45, 2.75) is 0 Å². The zero-order valence-corrected chi connectivity index (χ0v) is 11.8. The molecular weight excluding hydrogens is 337 g/mol.